The van der Waals surface area contributed by atoms with E-state index in [1.807, 2.05) is 35.2 Å². The van der Waals surface area contributed by atoms with Gasteiger partial charge in [-0.05, 0) is 37.2 Å². The summed E-state index contributed by atoms with van der Waals surface area (Å²) in [5.41, 5.74) is 6.45. The number of nitrogens with zero attached hydrogens (tertiary/aromatic N) is 2. The molecular weight excluding hydrogens is 229 g/mol. The van der Waals surface area contributed by atoms with Crippen LogP contribution in [0.15, 0.2) is 48.7 Å². The maximum Gasteiger partial charge on any atom is 0.169 e. The average molecular weight is 245 g/mol. The van der Waals surface area contributed by atoms with Crippen molar-refractivity contribution in [1.82, 2.24) is 4.98 Å². The third-order valence-electron chi connectivity index (χ3n) is 2.65. The first-order valence-electron chi connectivity index (χ1n) is 5.96. The smallest absolute Gasteiger partial charge is 0.169 e. The first-order chi connectivity index (χ1) is 8.83. The summed E-state index contributed by atoms with van der Waals surface area (Å²) in [7, 11) is 0. The minimum Gasteiger partial charge on any atom is -0.330 e. The summed E-state index contributed by atoms with van der Waals surface area (Å²) in [5.74, 6) is 0.0236. The Kier molecular flexibility index (Phi) is 4.25. The van der Waals surface area contributed by atoms with Crippen LogP contribution in [0, 0.1) is 5.82 Å². The fourth-order valence-corrected chi connectivity index (χ4v) is 1.79. The maximum atomic E-state index is 13.8. The van der Waals surface area contributed by atoms with Crippen molar-refractivity contribution in [2.75, 3.05) is 18.0 Å². The Labute approximate surface area is 106 Å². The molecule has 0 aliphatic carbocycles. The molecule has 3 nitrogen and oxygen atoms in total. The summed E-state index contributed by atoms with van der Waals surface area (Å²) in [6.07, 6.45) is 2.38. The average Bonchev–Trinajstić information content (AvgIpc) is 2.42. The van der Waals surface area contributed by atoms with E-state index in [0.717, 1.165) is 12.1 Å². The molecular formula is C14H16FN3. The fraction of sp³-hybridized carbons (Fsp3) is 0.214. The summed E-state index contributed by atoms with van der Waals surface area (Å²) < 4.78 is 13.8. The van der Waals surface area contributed by atoms with E-state index in [1.54, 1.807) is 12.3 Å². The van der Waals surface area contributed by atoms with E-state index < -0.39 is 0 Å². The lowest BCUT2D eigenvalue weighted by molar-refractivity contribution is 0.616. The quantitative estimate of drug-likeness (QED) is 0.880. The Morgan fingerprint density at radius 3 is 2.56 bits per heavy atom. The van der Waals surface area contributed by atoms with Gasteiger partial charge >= 0.3 is 0 Å². The number of nitrogens with two attached hydrogens (primary N) is 1. The van der Waals surface area contributed by atoms with E-state index in [-0.39, 0.29) is 5.82 Å². The summed E-state index contributed by atoms with van der Waals surface area (Å²) in [6.45, 7) is 1.21. The van der Waals surface area contributed by atoms with Crippen LogP contribution in [0.1, 0.15) is 6.42 Å². The highest BCUT2D eigenvalue weighted by Crippen LogP contribution is 2.25. The molecule has 0 fully saturated rings. The Hall–Kier alpha value is -1.94. The molecule has 0 saturated carbocycles. The Balaban J connectivity index is 2.34. The number of anilines is 2. The van der Waals surface area contributed by atoms with Gasteiger partial charge in [0.25, 0.3) is 0 Å². The number of benzene rings is 1. The number of pyridine rings is 1. The molecule has 0 amide bonds. The van der Waals surface area contributed by atoms with E-state index in [9.17, 15) is 4.39 Å². The van der Waals surface area contributed by atoms with Crippen LogP contribution in [0.3, 0.4) is 0 Å². The molecule has 4 heteroatoms. The van der Waals surface area contributed by atoms with Crippen molar-refractivity contribution in [2.24, 2.45) is 5.73 Å². The number of hydrogen-bond donors (Lipinski definition) is 1. The van der Waals surface area contributed by atoms with Gasteiger partial charge in [0, 0.05) is 18.4 Å². The summed E-state index contributed by atoms with van der Waals surface area (Å²) in [6, 6.07) is 12.7. The summed E-state index contributed by atoms with van der Waals surface area (Å²) in [4.78, 5) is 5.97. The maximum absolute atomic E-state index is 13.8. The van der Waals surface area contributed by atoms with Crippen molar-refractivity contribution in [3.8, 4) is 0 Å². The monoisotopic (exact) mass is 245 g/mol. The zero-order valence-corrected chi connectivity index (χ0v) is 10.1. The molecule has 0 bridgehead atoms. The van der Waals surface area contributed by atoms with Gasteiger partial charge in [0.1, 0.15) is 0 Å². The standard InChI is InChI=1S/C14H16FN3/c15-13-8-4-10-17-14(13)18(11-5-9-16)12-6-2-1-3-7-12/h1-4,6-8,10H,5,9,11,16H2. The highest BCUT2D eigenvalue weighted by Gasteiger charge is 2.13. The van der Waals surface area contributed by atoms with Crippen molar-refractivity contribution in [2.45, 2.75) is 6.42 Å². The van der Waals surface area contributed by atoms with Gasteiger partial charge in [-0.25, -0.2) is 9.37 Å². The molecule has 0 aliphatic rings. The van der Waals surface area contributed by atoms with Crippen LogP contribution in [0.5, 0.6) is 0 Å². The molecule has 0 aliphatic heterocycles. The molecule has 0 spiro atoms. The highest BCUT2D eigenvalue weighted by atomic mass is 19.1. The largest absolute Gasteiger partial charge is 0.330 e. The zero-order chi connectivity index (χ0) is 12.8. The van der Waals surface area contributed by atoms with Crippen molar-refractivity contribution in [3.63, 3.8) is 0 Å². The first kappa shape index (κ1) is 12.5. The molecule has 2 N–H and O–H groups in total. The molecule has 2 aromatic rings. The SMILES string of the molecule is NCCCN(c1ccccc1)c1ncccc1F. The molecule has 1 aromatic heterocycles. The molecule has 1 heterocycles. The predicted molar refractivity (Wildman–Crippen MR) is 71.3 cm³/mol. The lowest BCUT2D eigenvalue weighted by atomic mass is 10.2. The molecule has 94 valence electrons. The number of hydrogen-bond acceptors (Lipinski definition) is 3. The molecule has 2 rings (SSSR count). The van der Waals surface area contributed by atoms with Gasteiger partial charge < -0.3 is 10.6 Å². The minimum absolute atomic E-state index is 0.321. The van der Waals surface area contributed by atoms with Gasteiger partial charge in [-0.1, -0.05) is 18.2 Å². The summed E-state index contributed by atoms with van der Waals surface area (Å²) in [5, 5.41) is 0. The predicted octanol–water partition coefficient (Wildman–Crippen LogP) is 2.71. The second-order valence-corrected chi connectivity index (χ2v) is 3.94. The van der Waals surface area contributed by atoms with Crippen LogP contribution in [-0.2, 0) is 0 Å². The first-order valence-corrected chi connectivity index (χ1v) is 5.96. The van der Waals surface area contributed by atoms with Gasteiger partial charge in [-0.2, -0.15) is 0 Å². The van der Waals surface area contributed by atoms with Gasteiger partial charge in [-0.15, -0.1) is 0 Å². The second-order valence-electron chi connectivity index (χ2n) is 3.94. The highest BCUT2D eigenvalue weighted by molar-refractivity contribution is 5.59. The van der Waals surface area contributed by atoms with Crippen LogP contribution in [0.4, 0.5) is 15.9 Å². The molecule has 0 radical (unpaired) electrons. The lowest BCUT2D eigenvalue weighted by Gasteiger charge is -2.23. The number of para-hydroxylation sites is 1. The van der Waals surface area contributed by atoms with Crippen molar-refractivity contribution in [3.05, 3.63) is 54.5 Å². The van der Waals surface area contributed by atoms with E-state index in [4.69, 9.17) is 5.73 Å². The van der Waals surface area contributed by atoms with Gasteiger partial charge in [0.15, 0.2) is 11.6 Å². The van der Waals surface area contributed by atoms with Crippen molar-refractivity contribution in [1.29, 1.82) is 0 Å². The van der Waals surface area contributed by atoms with Gasteiger partial charge in [-0.3, -0.25) is 0 Å². The number of rotatable bonds is 5. The normalized spacial score (nSPS) is 10.3. The van der Waals surface area contributed by atoms with E-state index in [1.165, 1.54) is 6.07 Å². The van der Waals surface area contributed by atoms with Crippen LogP contribution < -0.4 is 10.6 Å². The molecule has 18 heavy (non-hydrogen) atoms. The van der Waals surface area contributed by atoms with Crippen molar-refractivity contribution >= 4 is 11.5 Å². The van der Waals surface area contributed by atoms with Crippen LogP contribution in [-0.4, -0.2) is 18.1 Å². The van der Waals surface area contributed by atoms with Crippen LogP contribution in [0.2, 0.25) is 0 Å². The number of aromatic nitrogens is 1. The van der Waals surface area contributed by atoms with E-state index >= 15 is 0 Å². The Morgan fingerprint density at radius 1 is 1.11 bits per heavy atom. The summed E-state index contributed by atoms with van der Waals surface area (Å²) >= 11 is 0. The number of halogens is 1. The molecule has 1 aromatic carbocycles. The van der Waals surface area contributed by atoms with Gasteiger partial charge in [0.05, 0.1) is 0 Å². The third kappa shape index (κ3) is 2.84. The molecule has 0 saturated heterocycles. The minimum atomic E-state index is -0.321. The third-order valence-corrected chi connectivity index (χ3v) is 2.65. The van der Waals surface area contributed by atoms with Crippen LogP contribution in [0.25, 0.3) is 0 Å². The lowest BCUT2D eigenvalue weighted by Crippen LogP contribution is -2.22. The molecule has 0 atom stereocenters. The zero-order valence-electron chi connectivity index (χ0n) is 10.1. The second kappa shape index (κ2) is 6.12. The Bertz CT molecular complexity index is 487. The van der Waals surface area contributed by atoms with E-state index in [0.29, 0.717) is 18.9 Å². The van der Waals surface area contributed by atoms with Gasteiger partial charge in [0.2, 0.25) is 0 Å². The topological polar surface area (TPSA) is 42.1 Å². The Morgan fingerprint density at radius 2 is 1.89 bits per heavy atom. The van der Waals surface area contributed by atoms with E-state index in [2.05, 4.69) is 4.98 Å². The van der Waals surface area contributed by atoms with Crippen molar-refractivity contribution < 1.29 is 4.39 Å². The molecule has 0 unspecified atom stereocenters. The van der Waals surface area contributed by atoms with Crippen LogP contribution >= 0.6 is 0 Å². The fourth-order valence-electron chi connectivity index (χ4n) is 1.79.